The number of carbonyl (C=O) groups excluding carboxylic acids is 1. The fourth-order valence-electron chi connectivity index (χ4n) is 2.39. The molecule has 1 aromatic rings. The largest absolute Gasteiger partial charge is 0.454 e. The third kappa shape index (κ3) is 1.90. The van der Waals surface area contributed by atoms with Crippen LogP contribution in [0.25, 0.3) is 0 Å². The van der Waals surface area contributed by atoms with Gasteiger partial charge >= 0.3 is 0 Å². The molecule has 18 heavy (non-hydrogen) atoms. The van der Waals surface area contributed by atoms with Crippen LogP contribution in [0.3, 0.4) is 0 Å². The van der Waals surface area contributed by atoms with Crippen LogP contribution < -0.4 is 14.8 Å². The summed E-state index contributed by atoms with van der Waals surface area (Å²) in [7, 11) is 1.93. The Morgan fingerprint density at radius 2 is 2.22 bits per heavy atom. The fourth-order valence-corrected chi connectivity index (χ4v) is 2.39. The molecule has 1 atom stereocenters. The number of fused-ring (bicyclic) bond motifs is 1. The molecule has 5 nitrogen and oxygen atoms in total. The third-order valence-electron chi connectivity index (χ3n) is 3.50. The lowest BCUT2D eigenvalue weighted by Gasteiger charge is -2.16. The molecule has 2 aliphatic rings. The molecule has 1 fully saturated rings. The van der Waals surface area contributed by atoms with Crippen LogP contribution in [-0.4, -0.2) is 43.8 Å². The maximum atomic E-state index is 12.3. The second-order valence-electron chi connectivity index (χ2n) is 4.59. The van der Waals surface area contributed by atoms with Gasteiger partial charge in [0.1, 0.15) is 0 Å². The van der Waals surface area contributed by atoms with E-state index in [0.29, 0.717) is 23.1 Å². The van der Waals surface area contributed by atoms with Gasteiger partial charge < -0.3 is 19.7 Å². The highest BCUT2D eigenvalue weighted by molar-refractivity contribution is 5.95. The molecule has 1 unspecified atom stereocenters. The minimum Gasteiger partial charge on any atom is -0.454 e. The Bertz CT molecular complexity index is 475. The molecule has 1 saturated heterocycles. The second-order valence-corrected chi connectivity index (χ2v) is 4.59. The monoisotopic (exact) mass is 248 g/mol. The SMILES string of the molecule is CNC1CCN(C(=O)c2ccc3c(c2)OCO3)C1. The van der Waals surface area contributed by atoms with Crippen molar-refractivity contribution in [2.75, 3.05) is 26.9 Å². The molecule has 0 aliphatic carbocycles. The van der Waals surface area contributed by atoms with Crippen LogP contribution >= 0.6 is 0 Å². The van der Waals surface area contributed by atoms with E-state index >= 15 is 0 Å². The van der Waals surface area contributed by atoms with E-state index < -0.39 is 0 Å². The van der Waals surface area contributed by atoms with E-state index in [1.807, 2.05) is 11.9 Å². The zero-order valence-corrected chi connectivity index (χ0v) is 10.3. The van der Waals surface area contributed by atoms with Gasteiger partial charge in [0.2, 0.25) is 6.79 Å². The summed E-state index contributed by atoms with van der Waals surface area (Å²) in [5.74, 6) is 1.43. The van der Waals surface area contributed by atoms with Crippen molar-refractivity contribution in [1.29, 1.82) is 0 Å². The van der Waals surface area contributed by atoms with Gasteiger partial charge in [-0.05, 0) is 31.7 Å². The molecule has 96 valence electrons. The van der Waals surface area contributed by atoms with E-state index in [0.717, 1.165) is 19.5 Å². The average Bonchev–Trinajstić information content (AvgIpc) is 3.05. The summed E-state index contributed by atoms with van der Waals surface area (Å²) in [5.41, 5.74) is 0.663. The van der Waals surface area contributed by atoms with Crippen molar-refractivity contribution >= 4 is 5.91 Å². The number of hydrogen-bond acceptors (Lipinski definition) is 4. The highest BCUT2D eigenvalue weighted by Gasteiger charge is 2.26. The van der Waals surface area contributed by atoms with Crippen LogP contribution in [0.2, 0.25) is 0 Å². The van der Waals surface area contributed by atoms with Crippen LogP contribution in [0.5, 0.6) is 11.5 Å². The quantitative estimate of drug-likeness (QED) is 0.843. The fraction of sp³-hybridized carbons (Fsp3) is 0.462. The van der Waals surface area contributed by atoms with Crippen molar-refractivity contribution in [1.82, 2.24) is 10.2 Å². The number of likely N-dealkylation sites (N-methyl/N-ethyl adjacent to an activating group) is 1. The van der Waals surface area contributed by atoms with Gasteiger partial charge in [0.25, 0.3) is 5.91 Å². The molecular weight excluding hydrogens is 232 g/mol. The predicted octanol–water partition coefficient (Wildman–Crippen LogP) is 0.849. The van der Waals surface area contributed by atoms with E-state index in [2.05, 4.69) is 5.32 Å². The van der Waals surface area contributed by atoms with Gasteiger partial charge in [-0.15, -0.1) is 0 Å². The second kappa shape index (κ2) is 4.49. The van der Waals surface area contributed by atoms with Gasteiger partial charge in [0.05, 0.1) is 0 Å². The van der Waals surface area contributed by atoms with Crippen LogP contribution in [0.1, 0.15) is 16.8 Å². The molecule has 0 saturated carbocycles. The molecule has 0 spiro atoms. The number of amides is 1. The predicted molar refractivity (Wildman–Crippen MR) is 65.9 cm³/mol. The standard InChI is InChI=1S/C13H16N2O3/c1-14-10-4-5-15(7-10)13(16)9-2-3-11-12(6-9)18-8-17-11/h2-3,6,10,14H,4-5,7-8H2,1H3. The Hall–Kier alpha value is -1.75. The number of hydrogen-bond donors (Lipinski definition) is 1. The van der Waals surface area contributed by atoms with Crippen molar-refractivity contribution in [3.63, 3.8) is 0 Å². The first kappa shape index (κ1) is 11.3. The van der Waals surface area contributed by atoms with Gasteiger partial charge in [0, 0.05) is 24.7 Å². The molecule has 5 heteroatoms. The minimum absolute atomic E-state index is 0.0612. The molecule has 0 aromatic heterocycles. The first-order valence-corrected chi connectivity index (χ1v) is 6.14. The first-order chi connectivity index (χ1) is 8.78. The van der Waals surface area contributed by atoms with Gasteiger partial charge in [-0.3, -0.25) is 4.79 Å². The van der Waals surface area contributed by atoms with E-state index in [4.69, 9.17) is 9.47 Å². The van der Waals surface area contributed by atoms with Crippen molar-refractivity contribution in [3.8, 4) is 11.5 Å². The zero-order chi connectivity index (χ0) is 12.5. The summed E-state index contributed by atoms with van der Waals surface area (Å²) >= 11 is 0. The highest BCUT2D eigenvalue weighted by Crippen LogP contribution is 2.33. The summed E-state index contributed by atoms with van der Waals surface area (Å²) in [6.07, 6.45) is 1.01. The smallest absolute Gasteiger partial charge is 0.254 e. The van der Waals surface area contributed by atoms with Crippen molar-refractivity contribution in [2.45, 2.75) is 12.5 Å². The van der Waals surface area contributed by atoms with Crippen LogP contribution in [0, 0.1) is 0 Å². The average molecular weight is 248 g/mol. The molecule has 1 aromatic carbocycles. The molecule has 3 rings (SSSR count). The molecule has 2 heterocycles. The number of nitrogens with zero attached hydrogens (tertiary/aromatic N) is 1. The van der Waals surface area contributed by atoms with Gasteiger partial charge in [-0.25, -0.2) is 0 Å². The Balaban J connectivity index is 1.77. The lowest BCUT2D eigenvalue weighted by molar-refractivity contribution is 0.0789. The lowest BCUT2D eigenvalue weighted by Crippen LogP contribution is -2.33. The lowest BCUT2D eigenvalue weighted by atomic mass is 10.2. The third-order valence-corrected chi connectivity index (χ3v) is 3.50. The van der Waals surface area contributed by atoms with Gasteiger partial charge in [0.15, 0.2) is 11.5 Å². The molecule has 2 aliphatic heterocycles. The molecule has 1 N–H and O–H groups in total. The normalized spacial score (nSPS) is 21.4. The highest BCUT2D eigenvalue weighted by atomic mass is 16.7. The van der Waals surface area contributed by atoms with Crippen molar-refractivity contribution < 1.29 is 14.3 Å². The number of nitrogens with one attached hydrogen (secondary N) is 1. The molecule has 1 amide bonds. The van der Waals surface area contributed by atoms with E-state index in [1.54, 1.807) is 18.2 Å². The number of rotatable bonds is 2. The molecule has 0 radical (unpaired) electrons. The van der Waals surface area contributed by atoms with Crippen molar-refractivity contribution in [3.05, 3.63) is 23.8 Å². The van der Waals surface area contributed by atoms with Gasteiger partial charge in [-0.1, -0.05) is 0 Å². The number of ether oxygens (including phenoxy) is 2. The topological polar surface area (TPSA) is 50.8 Å². The number of likely N-dealkylation sites (tertiary alicyclic amines) is 1. The number of carbonyl (C=O) groups is 1. The van der Waals surface area contributed by atoms with Gasteiger partial charge in [-0.2, -0.15) is 0 Å². The Morgan fingerprint density at radius 1 is 1.39 bits per heavy atom. The summed E-state index contributed by atoms with van der Waals surface area (Å²) < 4.78 is 10.5. The summed E-state index contributed by atoms with van der Waals surface area (Å²) in [6, 6.07) is 5.75. The first-order valence-electron chi connectivity index (χ1n) is 6.14. The van der Waals surface area contributed by atoms with Crippen LogP contribution in [0.4, 0.5) is 0 Å². The zero-order valence-electron chi connectivity index (χ0n) is 10.3. The van der Waals surface area contributed by atoms with E-state index in [1.165, 1.54) is 0 Å². The Morgan fingerprint density at radius 3 is 3.00 bits per heavy atom. The molecular formula is C13H16N2O3. The minimum atomic E-state index is 0.0612. The maximum absolute atomic E-state index is 12.3. The Labute approximate surface area is 106 Å². The summed E-state index contributed by atoms with van der Waals surface area (Å²) in [5, 5.41) is 3.20. The van der Waals surface area contributed by atoms with Crippen LogP contribution in [0.15, 0.2) is 18.2 Å². The Kier molecular flexibility index (Phi) is 2.83. The van der Waals surface area contributed by atoms with Crippen LogP contribution in [-0.2, 0) is 0 Å². The molecule has 0 bridgehead atoms. The summed E-state index contributed by atoms with van der Waals surface area (Å²) in [4.78, 5) is 14.2. The summed E-state index contributed by atoms with van der Waals surface area (Å²) in [6.45, 7) is 1.81. The van der Waals surface area contributed by atoms with Crippen molar-refractivity contribution in [2.24, 2.45) is 0 Å². The van der Waals surface area contributed by atoms with E-state index in [-0.39, 0.29) is 12.7 Å². The maximum Gasteiger partial charge on any atom is 0.254 e. The van der Waals surface area contributed by atoms with E-state index in [9.17, 15) is 4.79 Å². The number of benzene rings is 1.